The van der Waals surface area contributed by atoms with E-state index in [1.165, 1.54) is 0 Å². The van der Waals surface area contributed by atoms with Gasteiger partial charge in [-0.3, -0.25) is 4.72 Å². The van der Waals surface area contributed by atoms with Crippen molar-refractivity contribution >= 4 is 15.7 Å². The van der Waals surface area contributed by atoms with Crippen molar-refractivity contribution in [2.24, 2.45) is 0 Å². The van der Waals surface area contributed by atoms with E-state index in [9.17, 15) is 13.5 Å². The summed E-state index contributed by atoms with van der Waals surface area (Å²) in [5.74, 6) is 0. The zero-order chi connectivity index (χ0) is 12.4. The molecule has 2 N–H and O–H groups in total. The second-order valence-electron chi connectivity index (χ2n) is 4.46. The van der Waals surface area contributed by atoms with Crippen molar-refractivity contribution in [1.82, 2.24) is 0 Å². The van der Waals surface area contributed by atoms with E-state index >= 15 is 0 Å². The number of para-hydroxylation sites is 1. The Kier molecular flexibility index (Phi) is 3.60. The van der Waals surface area contributed by atoms with Crippen LogP contribution in [0.1, 0.15) is 19.4 Å². The predicted octanol–water partition coefficient (Wildman–Crippen LogP) is 1.33. The molecule has 16 heavy (non-hydrogen) atoms. The molecule has 90 valence electrons. The molecule has 0 radical (unpaired) electrons. The van der Waals surface area contributed by atoms with Crippen LogP contribution in [0.15, 0.2) is 24.3 Å². The number of aliphatic hydroxyl groups excluding tert-OH is 1. The molecule has 1 aromatic carbocycles. The molecule has 0 atom stereocenters. The maximum absolute atomic E-state index is 11.2. The van der Waals surface area contributed by atoms with Crippen molar-refractivity contribution in [3.63, 3.8) is 0 Å². The van der Waals surface area contributed by atoms with Crippen molar-refractivity contribution in [3.8, 4) is 0 Å². The van der Waals surface area contributed by atoms with Gasteiger partial charge in [-0.15, -0.1) is 0 Å². The summed E-state index contributed by atoms with van der Waals surface area (Å²) in [5, 5.41) is 9.29. The standard InChI is InChI=1S/C11H17NO3S/c1-11(2,8-13)9-6-4-5-7-10(9)12-16(3,14)15/h4-7,12-13H,8H2,1-3H3. The minimum atomic E-state index is -3.30. The van der Waals surface area contributed by atoms with E-state index in [2.05, 4.69) is 4.72 Å². The number of hydrogen-bond acceptors (Lipinski definition) is 3. The van der Waals surface area contributed by atoms with Crippen LogP contribution < -0.4 is 4.72 Å². The third-order valence-corrected chi connectivity index (χ3v) is 2.94. The smallest absolute Gasteiger partial charge is 0.229 e. The largest absolute Gasteiger partial charge is 0.395 e. The predicted molar refractivity (Wildman–Crippen MR) is 65.0 cm³/mol. The number of anilines is 1. The van der Waals surface area contributed by atoms with Gasteiger partial charge in [-0.1, -0.05) is 32.0 Å². The van der Waals surface area contributed by atoms with Crippen LogP contribution in [0.4, 0.5) is 5.69 Å². The number of aliphatic hydroxyl groups is 1. The minimum absolute atomic E-state index is 0.0462. The lowest BCUT2D eigenvalue weighted by molar-refractivity contribution is 0.219. The lowest BCUT2D eigenvalue weighted by Crippen LogP contribution is -2.24. The molecule has 0 aliphatic rings. The van der Waals surface area contributed by atoms with Crippen LogP contribution in [0.2, 0.25) is 0 Å². The molecule has 0 unspecified atom stereocenters. The van der Waals surface area contributed by atoms with Gasteiger partial charge in [-0.2, -0.15) is 0 Å². The molecule has 0 heterocycles. The Morgan fingerprint density at radius 3 is 2.38 bits per heavy atom. The summed E-state index contributed by atoms with van der Waals surface area (Å²) in [6.07, 6.45) is 1.11. The van der Waals surface area contributed by atoms with Crippen molar-refractivity contribution < 1.29 is 13.5 Å². The average molecular weight is 243 g/mol. The number of rotatable bonds is 4. The van der Waals surface area contributed by atoms with Gasteiger partial charge in [0.1, 0.15) is 0 Å². The van der Waals surface area contributed by atoms with E-state index in [-0.39, 0.29) is 6.61 Å². The van der Waals surface area contributed by atoms with Crippen molar-refractivity contribution in [2.45, 2.75) is 19.3 Å². The van der Waals surface area contributed by atoms with Crippen molar-refractivity contribution in [3.05, 3.63) is 29.8 Å². The normalized spacial score (nSPS) is 12.5. The van der Waals surface area contributed by atoms with E-state index in [0.717, 1.165) is 11.8 Å². The van der Waals surface area contributed by atoms with Gasteiger partial charge in [-0.25, -0.2) is 8.42 Å². The van der Waals surface area contributed by atoms with E-state index in [0.29, 0.717) is 5.69 Å². The molecule has 0 bridgehead atoms. The summed E-state index contributed by atoms with van der Waals surface area (Å²) >= 11 is 0. The molecule has 1 aromatic rings. The molecule has 0 aromatic heterocycles. The molecule has 4 nitrogen and oxygen atoms in total. The first kappa shape index (κ1) is 13.0. The highest BCUT2D eigenvalue weighted by atomic mass is 32.2. The number of hydrogen-bond donors (Lipinski definition) is 2. The quantitative estimate of drug-likeness (QED) is 0.838. The van der Waals surface area contributed by atoms with Crippen molar-refractivity contribution in [1.29, 1.82) is 0 Å². The van der Waals surface area contributed by atoms with E-state index in [1.807, 2.05) is 26.0 Å². The fourth-order valence-corrected chi connectivity index (χ4v) is 2.02. The highest BCUT2D eigenvalue weighted by molar-refractivity contribution is 7.92. The van der Waals surface area contributed by atoms with Gasteiger partial charge in [0.25, 0.3) is 0 Å². The number of sulfonamides is 1. The summed E-state index contributed by atoms with van der Waals surface area (Å²) in [6, 6.07) is 7.07. The molecule has 0 saturated heterocycles. The Morgan fingerprint density at radius 2 is 1.88 bits per heavy atom. The van der Waals surface area contributed by atoms with Crippen LogP contribution in [0.5, 0.6) is 0 Å². The highest BCUT2D eigenvalue weighted by Gasteiger charge is 2.23. The Bertz CT molecular complexity index is 466. The molecular formula is C11H17NO3S. The first-order valence-electron chi connectivity index (χ1n) is 4.94. The fourth-order valence-electron chi connectivity index (χ4n) is 1.45. The SMILES string of the molecule is CC(C)(CO)c1ccccc1NS(C)(=O)=O. The van der Waals surface area contributed by atoms with Crippen LogP contribution in [0, 0.1) is 0 Å². The second kappa shape index (κ2) is 4.43. The maximum Gasteiger partial charge on any atom is 0.229 e. The van der Waals surface area contributed by atoms with Gasteiger partial charge < -0.3 is 5.11 Å². The zero-order valence-corrected chi connectivity index (χ0v) is 10.5. The Hall–Kier alpha value is -1.07. The zero-order valence-electron chi connectivity index (χ0n) is 9.69. The lowest BCUT2D eigenvalue weighted by atomic mass is 9.84. The Morgan fingerprint density at radius 1 is 1.31 bits per heavy atom. The van der Waals surface area contributed by atoms with Crippen LogP contribution in [0.3, 0.4) is 0 Å². The number of nitrogens with one attached hydrogen (secondary N) is 1. The topological polar surface area (TPSA) is 66.4 Å². The molecule has 0 spiro atoms. The average Bonchev–Trinajstić information content (AvgIpc) is 2.16. The van der Waals surface area contributed by atoms with Gasteiger partial charge in [0.15, 0.2) is 0 Å². The van der Waals surface area contributed by atoms with Crippen LogP contribution in [0.25, 0.3) is 0 Å². The molecule has 0 amide bonds. The van der Waals surface area contributed by atoms with Crippen LogP contribution in [-0.4, -0.2) is 26.4 Å². The molecule has 0 fully saturated rings. The van der Waals surface area contributed by atoms with E-state index in [4.69, 9.17) is 0 Å². The molecule has 1 rings (SSSR count). The summed E-state index contributed by atoms with van der Waals surface area (Å²) in [7, 11) is -3.30. The monoisotopic (exact) mass is 243 g/mol. The van der Waals surface area contributed by atoms with Gasteiger partial charge >= 0.3 is 0 Å². The Balaban J connectivity index is 3.21. The summed E-state index contributed by atoms with van der Waals surface area (Å²) < 4.78 is 24.8. The highest BCUT2D eigenvalue weighted by Crippen LogP contribution is 2.29. The van der Waals surface area contributed by atoms with Crippen molar-refractivity contribution in [2.75, 3.05) is 17.6 Å². The second-order valence-corrected chi connectivity index (χ2v) is 6.21. The third kappa shape index (κ3) is 3.21. The van der Waals surface area contributed by atoms with Gasteiger partial charge in [0, 0.05) is 5.41 Å². The minimum Gasteiger partial charge on any atom is -0.395 e. The number of benzene rings is 1. The summed E-state index contributed by atoms with van der Waals surface area (Å²) in [5.41, 5.74) is 0.820. The molecule has 5 heteroatoms. The fraction of sp³-hybridized carbons (Fsp3) is 0.455. The van der Waals surface area contributed by atoms with Crippen LogP contribution >= 0.6 is 0 Å². The first-order valence-corrected chi connectivity index (χ1v) is 6.83. The van der Waals surface area contributed by atoms with E-state index in [1.54, 1.807) is 12.1 Å². The van der Waals surface area contributed by atoms with Crippen LogP contribution in [-0.2, 0) is 15.4 Å². The molecule has 0 aliphatic carbocycles. The molecule has 0 saturated carbocycles. The van der Waals surface area contributed by atoms with E-state index < -0.39 is 15.4 Å². The third-order valence-electron chi connectivity index (χ3n) is 2.35. The summed E-state index contributed by atoms with van der Waals surface area (Å²) in [6.45, 7) is 3.67. The Labute approximate surface area is 96.4 Å². The summed E-state index contributed by atoms with van der Waals surface area (Å²) in [4.78, 5) is 0. The first-order chi connectivity index (χ1) is 7.26. The van der Waals surface area contributed by atoms with Gasteiger partial charge in [0.2, 0.25) is 10.0 Å². The maximum atomic E-state index is 11.2. The molecular weight excluding hydrogens is 226 g/mol. The van der Waals surface area contributed by atoms with Gasteiger partial charge in [-0.05, 0) is 11.6 Å². The lowest BCUT2D eigenvalue weighted by Gasteiger charge is -2.25. The van der Waals surface area contributed by atoms with Gasteiger partial charge in [0.05, 0.1) is 18.6 Å². The molecule has 0 aliphatic heterocycles.